The summed E-state index contributed by atoms with van der Waals surface area (Å²) in [6, 6.07) is 10.1. The van der Waals surface area contributed by atoms with Crippen molar-refractivity contribution in [1.29, 1.82) is 0 Å². The topological polar surface area (TPSA) is 26.3 Å². The molecule has 0 spiro atoms. The molecule has 0 N–H and O–H groups in total. The predicted molar refractivity (Wildman–Crippen MR) is 85.2 cm³/mol. The first-order valence-electron chi connectivity index (χ1n) is 5.95. The van der Waals surface area contributed by atoms with Crippen LogP contribution in [-0.4, -0.2) is 12.4 Å². The SMILES string of the molecule is CCOc1ccc(Br)cc1C(=O)c1cc(Cl)ccc1Cl. The van der Waals surface area contributed by atoms with Gasteiger partial charge in [-0.05, 0) is 43.3 Å². The second-order valence-electron chi connectivity index (χ2n) is 4.03. The number of carbonyl (C=O) groups excluding carboxylic acids is 1. The molecule has 0 fully saturated rings. The molecule has 0 amide bonds. The van der Waals surface area contributed by atoms with Crippen molar-refractivity contribution in [3.63, 3.8) is 0 Å². The Hall–Kier alpha value is -1.03. The summed E-state index contributed by atoms with van der Waals surface area (Å²) >= 11 is 15.4. The fourth-order valence-electron chi connectivity index (χ4n) is 1.78. The largest absolute Gasteiger partial charge is 0.493 e. The Labute approximate surface area is 135 Å². The van der Waals surface area contributed by atoms with Gasteiger partial charge in [-0.1, -0.05) is 39.1 Å². The van der Waals surface area contributed by atoms with Crippen molar-refractivity contribution in [3.05, 3.63) is 62.0 Å². The molecule has 5 heteroatoms. The van der Waals surface area contributed by atoms with Gasteiger partial charge in [0.25, 0.3) is 0 Å². The van der Waals surface area contributed by atoms with Gasteiger partial charge in [-0.25, -0.2) is 0 Å². The summed E-state index contributed by atoms with van der Waals surface area (Å²) in [7, 11) is 0. The van der Waals surface area contributed by atoms with Crippen LogP contribution < -0.4 is 4.74 Å². The maximum atomic E-state index is 12.6. The lowest BCUT2D eigenvalue weighted by molar-refractivity contribution is 0.103. The Kier molecular flexibility index (Phi) is 5.08. The summed E-state index contributed by atoms with van der Waals surface area (Å²) in [4.78, 5) is 12.6. The molecule has 0 saturated carbocycles. The molecule has 0 saturated heterocycles. The zero-order chi connectivity index (χ0) is 14.7. The highest BCUT2D eigenvalue weighted by Gasteiger charge is 2.18. The molecule has 0 aliphatic rings. The third-order valence-corrected chi connectivity index (χ3v) is 3.72. The minimum Gasteiger partial charge on any atom is -0.493 e. The summed E-state index contributed by atoms with van der Waals surface area (Å²) in [5, 5.41) is 0.826. The molecular weight excluding hydrogens is 363 g/mol. The Bertz CT molecular complexity index is 656. The van der Waals surface area contributed by atoms with Crippen LogP contribution in [0.4, 0.5) is 0 Å². The quantitative estimate of drug-likeness (QED) is 0.672. The van der Waals surface area contributed by atoms with Crippen LogP contribution in [-0.2, 0) is 0 Å². The number of hydrogen-bond donors (Lipinski definition) is 0. The van der Waals surface area contributed by atoms with Gasteiger partial charge in [-0.2, -0.15) is 0 Å². The van der Waals surface area contributed by atoms with E-state index in [0.717, 1.165) is 4.47 Å². The summed E-state index contributed by atoms with van der Waals surface area (Å²) in [6.07, 6.45) is 0. The molecule has 0 bridgehead atoms. The summed E-state index contributed by atoms with van der Waals surface area (Å²) in [6.45, 7) is 2.34. The Morgan fingerprint density at radius 1 is 1.15 bits per heavy atom. The van der Waals surface area contributed by atoms with Crippen LogP contribution in [0.15, 0.2) is 40.9 Å². The summed E-state index contributed by atoms with van der Waals surface area (Å²) in [5.41, 5.74) is 0.809. The molecule has 2 aromatic rings. The highest BCUT2D eigenvalue weighted by molar-refractivity contribution is 9.10. The number of halogens is 3. The number of ether oxygens (including phenoxy) is 1. The van der Waals surface area contributed by atoms with Crippen LogP contribution in [0, 0.1) is 0 Å². The van der Waals surface area contributed by atoms with Crippen molar-refractivity contribution in [3.8, 4) is 5.75 Å². The van der Waals surface area contributed by atoms with E-state index in [1.807, 2.05) is 13.0 Å². The van der Waals surface area contributed by atoms with Crippen molar-refractivity contribution in [2.24, 2.45) is 0 Å². The van der Waals surface area contributed by atoms with Gasteiger partial charge in [0.2, 0.25) is 0 Å². The lowest BCUT2D eigenvalue weighted by atomic mass is 10.0. The molecule has 2 aromatic carbocycles. The first-order valence-corrected chi connectivity index (χ1v) is 7.50. The zero-order valence-corrected chi connectivity index (χ0v) is 13.7. The van der Waals surface area contributed by atoms with Crippen molar-refractivity contribution < 1.29 is 9.53 Å². The van der Waals surface area contributed by atoms with Crippen LogP contribution >= 0.6 is 39.1 Å². The minimum atomic E-state index is -0.220. The van der Waals surface area contributed by atoms with Crippen molar-refractivity contribution in [2.75, 3.05) is 6.61 Å². The van der Waals surface area contributed by atoms with Gasteiger partial charge in [-0.15, -0.1) is 0 Å². The van der Waals surface area contributed by atoms with Crippen molar-refractivity contribution in [2.45, 2.75) is 6.92 Å². The lowest BCUT2D eigenvalue weighted by Crippen LogP contribution is -2.06. The predicted octanol–water partition coefficient (Wildman–Crippen LogP) is 5.39. The van der Waals surface area contributed by atoms with Gasteiger partial charge in [0.05, 0.1) is 17.2 Å². The minimum absolute atomic E-state index is 0.220. The molecule has 104 valence electrons. The monoisotopic (exact) mass is 372 g/mol. The number of hydrogen-bond acceptors (Lipinski definition) is 2. The molecule has 0 heterocycles. The molecule has 0 aromatic heterocycles. The lowest BCUT2D eigenvalue weighted by Gasteiger charge is -2.11. The van der Waals surface area contributed by atoms with Crippen LogP contribution in [0.3, 0.4) is 0 Å². The van der Waals surface area contributed by atoms with E-state index in [-0.39, 0.29) is 5.78 Å². The number of rotatable bonds is 4. The van der Waals surface area contributed by atoms with Crippen molar-refractivity contribution in [1.82, 2.24) is 0 Å². The van der Waals surface area contributed by atoms with Gasteiger partial charge in [0.1, 0.15) is 5.75 Å². The fraction of sp³-hybridized carbons (Fsp3) is 0.133. The second kappa shape index (κ2) is 6.61. The van der Waals surface area contributed by atoms with Crippen LogP contribution in [0.2, 0.25) is 10.0 Å². The van der Waals surface area contributed by atoms with Gasteiger partial charge >= 0.3 is 0 Å². The second-order valence-corrected chi connectivity index (χ2v) is 5.79. The van der Waals surface area contributed by atoms with Gasteiger partial charge < -0.3 is 4.74 Å². The van der Waals surface area contributed by atoms with E-state index in [9.17, 15) is 4.79 Å². The van der Waals surface area contributed by atoms with E-state index in [1.54, 1.807) is 30.3 Å². The molecule has 20 heavy (non-hydrogen) atoms. The highest BCUT2D eigenvalue weighted by atomic mass is 79.9. The maximum absolute atomic E-state index is 12.6. The highest BCUT2D eigenvalue weighted by Crippen LogP contribution is 2.29. The van der Waals surface area contributed by atoms with Gasteiger partial charge in [0, 0.05) is 15.1 Å². The molecule has 2 rings (SSSR count). The Morgan fingerprint density at radius 3 is 2.60 bits per heavy atom. The van der Waals surface area contributed by atoms with Crippen LogP contribution in [0.5, 0.6) is 5.75 Å². The van der Waals surface area contributed by atoms with E-state index in [1.165, 1.54) is 0 Å². The van der Waals surface area contributed by atoms with Crippen LogP contribution in [0.1, 0.15) is 22.8 Å². The Balaban J connectivity index is 2.52. The number of ketones is 1. The maximum Gasteiger partial charge on any atom is 0.198 e. The van der Waals surface area contributed by atoms with Gasteiger partial charge in [-0.3, -0.25) is 4.79 Å². The smallest absolute Gasteiger partial charge is 0.198 e. The van der Waals surface area contributed by atoms with Crippen LogP contribution in [0.25, 0.3) is 0 Å². The van der Waals surface area contributed by atoms with Gasteiger partial charge in [0.15, 0.2) is 5.78 Å². The number of benzene rings is 2. The first-order chi connectivity index (χ1) is 9.52. The van der Waals surface area contributed by atoms with E-state index < -0.39 is 0 Å². The summed E-state index contributed by atoms with van der Waals surface area (Å²) in [5.74, 6) is 0.305. The molecule has 0 atom stereocenters. The van der Waals surface area contributed by atoms with E-state index in [2.05, 4.69) is 15.9 Å². The third kappa shape index (κ3) is 3.35. The van der Waals surface area contributed by atoms with E-state index in [4.69, 9.17) is 27.9 Å². The molecule has 0 radical (unpaired) electrons. The molecule has 0 unspecified atom stereocenters. The standard InChI is InChI=1S/C15H11BrCl2O2/c1-2-20-14-6-3-9(16)7-12(14)15(19)11-8-10(17)4-5-13(11)18/h3-8H,2H2,1H3. The normalized spacial score (nSPS) is 10.4. The molecular formula is C15H11BrCl2O2. The Morgan fingerprint density at radius 2 is 1.90 bits per heavy atom. The first kappa shape index (κ1) is 15.4. The molecule has 0 aliphatic carbocycles. The molecule has 2 nitrogen and oxygen atoms in total. The van der Waals surface area contributed by atoms with E-state index in [0.29, 0.717) is 33.5 Å². The zero-order valence-electron chi connectivity index (χ0n) is 10.6. The fourth-order valence-corrected chi connectivity index (χ4v) is 2.51. The third-order valence-electron chi connectivity index (χ3n) is 2.66. The molecule has 0 aliphatic heterocycles. The average molecular weight is 374 g/mol. The average Bonchev–Trinajstić information content (AvgIpc) is 2.43. The van der Waals surface area contributed by atoms with E-state index >= 15 is 0 Å². The number of carbonyl (C=O) groups is 1. The summed E-state index contributed by atoms with van der Waals surface area (Å²) < 4.78 is 6.28. The van der Waals surface area contributed by atoms with Crippen molar-refractivity contribution >= 4 is 44.9 Å².